The smallest absolute Gasteiger partial charge is 0.271 e. The quantitative estimate of drug-likeness (QED) is 0.708. The summed E-state index contributed by atoms with van der Waals surface area (Å²) in [4.78, 5) is 23.3. The topological polar surface area (TPSA) is 84.1 Å². The molecule has 2 aromatic heterocycles. The summed E-state index contributed by atoms with van der Waals surface area (Å²) < 4.78 is 0. The monoisotopic (exact) mass is 355 g/mol. The number of aromatic nitrogens is 2. The second-order valence-electron chi connectivity index (χ2n) is 5.90. The highest BCUT2D eigenvalue weighted by Crippen LogP contribution is 2.22. The third kappa shape index (κ3) is 3.94. The maximum absolute atomic E-state index is 12.4. The van der Waals surface area contributed by atoms with Gasteiger partial charge in [-0.1, -0.05) is 18.2 Å². The van der Waals surface area contributed by atoms with Gasteiger partial charge in [0.05, 0.1) is 10.5 Å². The van der Waals surface area contributed by atoms with Crippen LogP contribution in [0.25, 0.3) is 10.9 Å². The van der Waals surface area contributed by atoms with E-state index in [9.17, 15) is 4.79 Å². The van der Waals surface area contributed by atoms with Crippen LogP contribution in [-0.4, -0.2) is 36.5 Å². The van der Waals surface area contributed by atoms with Gasteiger partial charge in [0.1, 0.15) is 11.5 Å². The van der Waals surface area contributed by atoms with Crippen LogP contribution < -0.4 is 16.0 Å². The van der Waals surface area contributed by atoms with Gasteiger partial charge >= 0.3 is 0 Å². The Balaban J connectivity index is 1.81. The minimum atomic E-state index is -0.174. The number of para-hydroxylation sites is 1. The molecular weight excluding hydrogens is 334 g/mol. The Kier molecular flexibility index (Phi) is 5.25. The van der Waals surface area contributed by atoms with Crippen molar-refractivity contribution in [1.29, 1.82) is 0 Å². The molecule has 0 spiro atoms. The van der Waals surface area contributed by atoms with Crippen LogP contribution in [0.2, 0.25) is 0 Å². The number of carbonyl (C=O) groups is 1. The van der Waals surface area contributed by atoms with Crippen molar-refractivity contribution in [3.8, 4) is 0 Å². The van der Waals surface area contributed by atoms with Crippen LogP contribution in [-0.2, 0) is 13.0 Å². The number of carbonyl (C=O) groups excluding carboxylic acids is 1. The molecular formula is C18H21N5OS. The van der Waals surface area contributed by atoms with Crippen molar-refractivity contribution in [2.45, 2.75) is 13.0 Å². The maximum atomic E-state index is 12.4. The van der Waals surface area contributed by atoms with Gasteiger partial charge in [-0.2, -0.15) is 0 Å². The molecule has 3 rings (SSSR count). The Morgan fingerprint density at radius 3 is 2.84 bits per heavy atom. The van der Waals surface area contributed by atoms with Crippen LogP contribution in [0, 0.1) is 0 Å². The van der Waals surface area contributed by atoms with Crippen LogP contribution in [0.4, 0.5) is 5.82 Å². The van der Waals surface area contributed by atoms with Gasteiger partial charge in [-0.05, 0) is 24.2 Å². The molecule has 2 heterocycles. The van der Waals surface area contributed by atoms with Crippen LogP contribution >= 0.6 is 11.3 Å². The number of nitrogens with zero attached hydrogens (tertiary/aromatic N) is 3. The molecule has 1 aromatic carbocycles. The molecule has 3 aromatic rings. The van der Waals surface area contributed by atoms with Gasteiger partial charge in [0, 0.05) is 37.8 Å². The second-order valence-corrected chi connectivity index (χ2v) is 6.84. The minimum absolute atomic E-state index is 0.174. The van der Waals surface area contributed by atoms with Crippen molar-refractivity contribution in [2.24, 2.45) is 5.73 Å². The summed E-state index contributed by atoms with van der Waals surface area (Å²) in [7, 11) is 3.90. The van der Waals surface area contributed by atoms with E-state index in [-0.39, 0.29) is 5.91 Å². The molecule has 0 atom stereocenters. The van der Waals surface area contributed by atoms with E-state index >= 15 is 0 Å². The molecule has 3 N–H and O–H groups in total. The number of thiazole rings is 1. The maximum Gasteiger partial charge on any atom is 0.271 e. The normalized spacial score (nSPS) is 10.8. The summed E-state index contributed by atoms with van der Waals surface area (Å²) in [5, 5.41) is 6.65. The lowest BCUT2D eigenvalue weighted by molar-refractivity contribution is 0.0946. The van der Waals surface area contributed by atoms with E-state index < -0.39 is 0 Å². The second kappa shape index (κ2) is 7.58. The number of pyridine rings is 1. The third-order valence-electron chi connectivity index (χ3n) is 3.83. The SMILES string of the molecule is CN(C)c1cc(CNC(=O)c2csc(CCN)n2)c2ccccc2n1. The first-order valence-corrected chi connectivity index (χ1v) is 8.95. The highest BCUT2D eigenvalue weighted by Gasteiger charge is 2.12. The molecule has 0 fully saturated rings. The zero-order valence-electron chi connectivity index (χ0n) is 14.3. The minimum Gasteiger partial charge on any atom is -0.363 e. The summed E-state index contributed by atoms with van der Waals surface area (Å²) in [5.74, 6) is 0.689. The number of rotatable bonds is 6. The predicted molar refractivity (Wildman–Crippen MR) is 102 cm³/mol. The van der Waals surface area contributed by atoms with E-state index in [1.807, 2.05) is 49.3 Å². The molecule has 7 heteroatoms. The summed E-state index contributed by atoms with van der Waals surface area (Å²) in [6.45, 7) is 0.956. The highest BCUT2D eigenvalue weighted by atomic mass is 32.1. The number of nitrogens with two attached hydrogens (primary N) is 1. The molecule has 0 unspecified atom stereocenters. The highest BCUT2D eigenvalue weighted by molar-refractivity contribution is 7.09. The van der Waals surface area contributed by atoms with Gasteiger partial charge in [0.2, 0.25) is 0 Å². The average Bonchev–Trinajstić information content (AvgIpc) is 3.08. The van der Waals surface area contributed by atoms with Gasteiger partial charge in [-0.25, -0.2) is 9.97 Å². The van der Waals surface area contributed by atoms with Crippen LogP contribution in [0.3, 0.4) is 0 Å². The number of hydrogen-bond donors (Lipinski definition) is 2. The zero-order valence-corrected chi connectivity index (χ0v) is 15.1. The van der Waals surface area contributed by atoms with Crippen LogP contribution in [0.15, 0.2) is 35.7 Å². The van der Waals surface area contributed by atoms with Crippen molar-refractivity contribution in [3.63, 3.8) is 0 Å². The fraction of sp³-hybridized carbons (Fsp3) is 0.278. The molecule has 0 bridgehead atoms. The first-order chi connectivity index (χ1) is 12.1. The number of benzene rings is 1. The Morgan fingerprint density at radius 1 is 1.28 bits per heavy atom. The third-order valence-corrected chi connectivity index (χ3v) is 4.74. The van der Waals surface area contributed by atoms with Crippen LogP contribution in [0.5, 0.6) is 0 Å². The Bertz CT molecular complexity index is 890. The van der Waals surface area contributed by atoms with E-state index in [0.29, 0.717) is 25.2 Å². The number of nitrogens with one attached hydrogen (secondary N) is 1. The number of amides is 1. The zero-order chi connectivity index (χ0) is 17.8. The lowest BCUT2D eigenvalue weighted by Crippen LogP contribution is -2.23. The van der Waals surface area contributed by atoms with Gasteiger partial charge < -0.3 is 16.0 Å². The fourth-order valence-electron chi connectivity index (χ4n) is 2.53. The molecule has 130 valence electrons. The number of anilines is 1. The molecule has 6 nitrogen and oxygen atoms in total. The Morgan fingerprint density at radius 2 is 2.08 bits per heavy atom. The Hall–Kier alpha value is -2.51. The summed E-state index contributed by atoms with van der Waals surface area (Å²) in [6, 6.07) is 9.94. The summed E-state index contributed by atoms with van der Waals surface area (Å²) in [5.41, 5.74) is 7.91. The van der Waals surface area contributed by atoms with E-state index in [4.69, 9.17) is 5.73 Å². The molecule has 0 aliphatic rings. The predicted octanol–water partition coefficient (Wildman–Crippen LogP) is 2.19. The van der Waals surface area contributed by atoms with Crippen LogP contribution in [0.1, 0.15) is 21.1 Å². The van der Waals surface area contributed by atoms with Crippen molar-refractivity contribution < 1.29 is 4.79 Å². The average molecular weight is 355 g/mol. The number of fused-ring (bicyclic) bond motifs is 1. The molecule has 1 amide bonds. The van der Waals surface area contributed by atoms with Gasteiger partial charge in [-0.15, -0.1) is 11.3 Å². The molecule has 0 radical (unpaired) electrons. The molecule has 0 aliphatic carbocycles. The molecule has 0 saturated heterocycles. The Labute approximate surface area is 150 Å². The lowest BCUT2D eigenvalue weighted by Gasteiger charge is -2.15. The molecule has 25 heavy (non-hydrogen) atoms. The summed E-state index contributed by atoms with van der Waals surface area (Å²) >= 11 is 1.46. The first-order valence-electron chi connectivity index (χ1n) is 8.07. The van der Waals surface area contributed by atoms with Crippen molar-refractivity contribution >= 4 is 34.0 Å². The van der Waals surface area contributed by atoms with Gasteiger partial charge in [0.15, 0.2) is 0 Å². The van der Waals surface area contributed by atoms with E-state index in [1.165, 1.54) is 11.3 Å². The lowest BCUT2D eigenvalue weighted by atomic mass is 10.1. The first kappa shape index (κ1) is 17.3. The largest absolute Gasteiger partial charge is 0.363 e. The van der Waals surface area contributed by atoms with Crippen molar-refractivity contribution in [1.82, 2.24) is 15.3 Å². The van der Waals surface area contributed by atoms with E-state index in [1.54, 1.807) is 5.38 Å². The number of hydrogen-bond acceptors (Lipinski definition) is 6. The standard InChI is InChI=1S/C18H21N5OS/c1-23(2)16-9-12(13-5-3-4-6-14(13)21-16)10-20-18(24)15-11-25-17(22-15)7-8-19/h3-6,9,11H,7-8,10,19H2,1-2H3,(H,20,24). The molecule has 0 aliphatic heterocycles. The van der Waals surface area contributed by atoms with Crippen molar-refractivity contribution in [2.75, 3.05) is 25.5 Å². The summed E-state index contributed by atoms with van der Waals surface area (Å²) in [6.07, 6.45) is 0.694. The van der Waals surface area contributed by atoms with Gasteiger partial charge in [0.25, 0.3) is 5.91 Å². The fourth-order valence-corrected chi connectivity index (χ4v) is 3.32. The van der Waals surface area contributed by atoms with Gasteiger partial charge in [-0.3, -0.25) is 4.79 Å². The van der Waals surface area contributed by atoms with Crippen molar-refractivity contribution in [3.05, 3.63) is 52.0 Å². The molecule has 0 saturated carbocycles. The van der Waals surface area contributed by atoms with E-state index in [0.717, 1.165) is 27.3 Å². The van der Waals surface area contributed by atoms with E-state index in [2.05, 4.69) is 15.3 Å².